The van der Waals surface area contributed by atoms with Crippen LogP contribution >= 0.6 is 0 Å². The van der Waals surface area contributed by atoms with E-state index in [1.807, 2.05) is 20.8 Å². The van der Waals surface area contributed by atoms with Gasteiger partial charge in [-0.1, -0.05) is 0 Å². The fourth-order valence-electron chi connectivity index (χ4n) is 1.34. The molecule has 80 valence electrons. The largest absolute Gasteiger partial charge is 0.482 e. The highest BCUT2D eigenvalue weighted by Gasteiger charge is 2.67. The minimum Gasteiger partial charge on any atom is -0.272 e. The van der Waals surface area contributed by atoms with Gasteiger partial charge in [0.1, 0.15) is 22.9 Å². The number of likely N-dealkylation sites (tertiary alicyclic amines) is 1. The first-order valence-corrected chi connectivity index (χ1v) is 4.24. The summed E-state index contributed by atoms with van der Waals surface area (Å²) in [6.45, 7) is 5.39. The van der Waals surface area contributed by atoms with Crippen LogP contribution in [0, 0.1) is 20.2 Å². The van der Waals surface area contributed by atoms with Crippen LogP contribution in [0.4, 0.5) is 0 Å². The molecule has 1 aliphatic rings. The number of nitrogens with zero attached hydrogens (tertiary/aromatic N) is 3. The van der Waals surface area contributed by atoms with Crippen LogP contribution in [0.3, 0.4) is 0 Å². The molecule has 0 N–H and O–H groups in total. The second kappa shape index (κ2) is 2.88. The zero-order valence-electron chi connectivity index (χ0n) is 8.39. The third-order valence-electron chi connectivity index (χ3n) is 2.52. The molecule has 7 nitrogen and oxygen atoms in total. The second-order valence-corrected chi connectivity index (χ2v) is 4.52. The molecule has 0 atom stereocenters. The van der Waals surface area contributed by atoms with Gasteiger partial charge in [-0.15, -0.1) is 0 Å². The summed E-state index contributed by atoms with van der Waals surface area (Å²) in [5.74, 6) is 0. The molecule has 0 saturated carbocycles. The normalized spacial score (nSPS) is 21.4. The molecule has 0 aromatic heterocycles. The zero-order valence-corrected chi connectivity index (χ0v) is 8.39. The van der Waals surface area contributed by atoms with Crippen LogP contribution in [-0.4, -0.2) is 39.0 Å². The maximum absolute atomic E-state index is 10.6. The molecular formula is C7H13N3O4. The lowest BCUT2D eigenvalue weighted by molar-refractivity contribution is -0.812. The van der Waals surface area contributed by atoms with E-state index in [0.717, 1.165) is 0 Å². The third kappa shape index (κ3) is 1.43. The predicted molar refractivity (Wildman–Crippen MR) is 48.0 cm³/mol. The zero-order chi connectivity index (χ0) is 11.1. The topological polar surface area (TPSA) is 89.5 Å². The summed E-state index contributed by atoms with van der Waals surface area (Å²) < 4.78 is 0. The number of hydrogen-bond donors (Lipinski definition) is 0. The summed E-state index contributed by atoms with van der Waals surface area (Å²) in [4.78, 5) is 21.2. The molecule has 0 radical (unpaired) electrons. The van der Waals surface area contributed by atoms with E-state index in [4.69, 9.17) is 0 Å². The van der Waals surface area contributed by atoms with E-state index in [-0.39, 0.29) is 18.6 Å². The minimum atomic E-state index is -1.98. The summed E-state index contributed by atoms with van der Waals surface area (Å²) >= 11 is 0. The van der Waals surface area contributed by atoms with Crippen LogP contribution in [-0.2, 0) is 0 Å². The van der Waals surface area contributed by atoms with Gasteiger partial charge < -0.3 is 0 Å². The number of nitro groups is 2. The van der Waals surface area contributed by atoms with Crippen LogP contribution in [0.1, 0.15) is 20.8 Å². The van der Waals surface area contributed by atoms with Gasteiger partial charge in [-0.25, -0.2) is 0 Å². The molecule has 0 spiro atoms. The molecule has 0 aromatic rings. The van der Waals surface area contributed by atoms with E-state index in [2.05, 4.69) is 0 Å². The van der Waals surface area contributed by atoms with E-state index in [1.165, 1.54) is 0 Å². The standard InChI is InChI=1S/C7H13N3O4/c1-6(2,3)8-4-7(5-8,9(11)12)10(13)14/h4-5H2,1-3H3. The van der Waals surface area contributed by atoms with Crippen molar-refractivity contribution in [2.75, 3.05) is 13.1 Å². The smallest absolute Gasteiger partial charge is 0.272 e. The van der Waals surface area contributed by atoms with Crippen molar-refractivity contribution in [3.63, 3.8) is 0 Å². The van der Waals surface area contributed by atoms with E-state index >= 15 is 0 Å². The Morgan fingerprint density at radius 1 is 1.14 bits per heavy atom. The fourth-order valence-corrected chi connectivity index (χ4v) is 1.34. The molecule has 0 amide bonds. The van der Waals surface area contributed by atoms with Gasteiger partial charge in [0.15, 0.2) is 0 Å². The quantitative estimate of drug-likeness (QED) is 0.367. The van der Waals surface area contributed by atoms with Crippen molar-refractivity contribution in [3.05, 3.63) is 20.2 Å². The Morgan fingerprint density at radius 2 is 1.50 bits per heavy atom. The van der Waals surface area contributed by atoms with Gasteiger partial charge in [-0.05, 0) is 20.8 Å². The minimum absolute atomic E-state index is 0.115. The van der Waals surface area contributed by atoms with Gasteiger partial charge in [-0.3, -0.25) is 25.1 Å². The molecule has 1 saturated heterocycles. The van der Waals surface area contributed by atoms with Gasteiger partial charge in [0, 0.05) is 5.54 Å². The Labute approximate surface area is 81.0 Å². The predicted octanol–water partition coefficient (Wildman–Crippen LogP) is 0.350. The molecule has 7 heteroatoms. The summed E-state index contributed by atoms with van der Waals surface area (Å²) in [5.41, 5.74) is -2.23. The first-order chi connectivity index (χ1) is 6.20. The van der Waals surface area contributed by atoms with Crippen molar-refractivity contribution in [3.8, 4) is 0 Å². The second-order valence-electron chi connectivity index (χ2n) is 4.52. The van der Waals surface area contributed by atoms with E-state index in [1.54, 1.807) is 4.90 Å². The van der Waals surface area contributed by atoms with Crippen LogP contribution < -0.4 is 0 Å². The lowest BCUT2D eigenvalue weighted by Crippen LogP contribution is -2.73. The Morgan fingerprint density at radius 3 is 1.71 bits per heavy atom. The molecule has 1 aliphatic heterocycles. The Bertz CT molecular complexity index is 261. The number of rotatable bonds is 2. The van der Waals surface area contributed by atoms with Crippen LogP contribution in [0.15, 0.2) is 0 Å². The van der Waals surface area contributed by atoms with Crippen molar-refractivity contribution in [1.82, 2.24) is 4.90 Å². The lowest BCUT2D eigenvalue weighted by Gasteiger charge is -2.44. The Balaban J connectivity index is 2.76. The summed E-state index contributed by atoms with van der Waals surface area (Å²) in [5, 5.41) is 21.1. The average molecular weight is 203 g/mol. The van der Waals surface area contributed by atoms with Gasteiger partial charge in [0.25, 0.3) is 0 Å². The van der Waals surface area contributed by atoms with E-state index in [0.29, 0.717) is 0 Å². The molecule has 1 rings (SSSR count). The summed E-state index contributed by atoms with van der Waals surface area (Å²) in [6.07, 6.45) is 0. The van der Waals surface area contributed by atoms with Crippen molar-refractivity contribution >= 4 is 0 Å². The fraction of sp³-hybridized carbons (Fsp3) is 1.00. The van der Waals surface area contributed by atoms with Crippen molar-refractivity contribution < 1.29 is 9.85 Å². The molecule has 0 bridgehead atoms. The monoisotopic (exact) mass is 203 g/mol. The molecule has 0 aromatic carbocycles. The van der Waals surface area contributed by atoms with Crippen molar-refractivity contribution in [2.45, 2.75) is 32.0 Å². The lowest BCUT2D eigenvalue weighted by atomic mass is 9.93. The van der Waals surface area contributed by atoms with Gasteiger partial charge in [0.05, 0.1) is 0 Å². The third-order valence-corrected chi connectivity index (χ3v) is 2.52. The van der Waals surface area contributed by atoms with Gasteiger partial charge in [-0.2, -0.15) is 0 Å². The van der Waals surface area contributed by atoms with Gasteiger partial charge in [0.2, 0.25) is 0 Å². The average Bonchev–Trinajstić information content (AvgIpc) is 1.77. The highest BCUT2D eigenvalue weighted by molar-refractivity contribution is 4.94. The van der Waals surface area contributed by atoms with Gasteiger partial charge >= 0.3 is 5.66 Å². The van der Waals surface area contributed by atoms with E-state index < -0.39 is 15.5 Å². The maximum Gasteiger partial charge on any atom is 0.482 e. The first kappa shape index (κ1) is 10.8. The maximum atomic E-state index is 10.6. The summed E-state index contributed by atoms with van der Waals surface area (Å²) in [6, 6.07) is 0. The van der Waals surface area contributed by atoms with Crippen LogP contribution in [0.5, 0.6) is 0 Å². The van der Waals surface area contributed by atoms with E-state index in [9.17, 15) is 20.2 Å². The Hall–Kier alpha value is -1.24. The molecule has 14 heavy (non-hydrogen) atoms. The molecule has 1 heterocycles. The van der Waals surface area contributed by atoms with Crippen LogP contribution in [0.25, 0.3) is 0 Å². The number of hydrogen-bond acceptors (Lipinski definition) is 5. The summed E-state index contributed by atoms with van der Waals surface area (Å²) in [7, 11) is 0. The molecule has 0 unspecified atom stereocenters. The molecular weight excluding hydrogens is 190 g/mol. The SMILES string of the molecule is CC(C)(C)N1CC([N+](=O)[O-])([N+](=O)[O-])C1. The highest BCUT2D eigenvalue weighted by atomic mass is 16.7. The Kier molecular flexibility index (Phi) is 2.23. The van der Waals surface area contributed by atoms with Crippen molar-refractivity contribution in [1.29, 1.82) is 0 Å². The highest BCUT2D eigenvalue weighted by Crippen LogP contribution is 2.31. The van der Waals surface area contributed by atoms with Crippen molar-refractivity contribution in [2.24, 2.45) is 0 Å². The first-order valence-electron chi connectivity index (χ1n) is 4.24. The van der Waals surface area contributed by atoms with Crippen LogP contribution in [0.2, 0.25) is 0 Å². The molecule has 1 fully saturated rings. The molecule has 0 aliphatic carbocycles.